The van der Waals surface area contributed by atoms with Crippen LogP contribution in [0.5, 0.6) is 5.88 Å². The first-order valence-electron chi connectivity index (χ1n) is 4.08. The summed E-state index contributed by atoms with van der Waals surface area (Å²) in [5, 5.41) is 1.95. The van der Waals surface area contributed by atoms with Gasteiger partial charge in [0.2, 0.25) is 5.88 Å². The van der Waals surface area contributed by atoms with Crippen LogP contribution in [0.1, 0.15) is 0 Å². The first-order chi connectivity index (χ1) is 6.75. The average molecular weight is 188 g/mol. The summed E-state index contributed by atoms with van der Waals surface area (Å²) in [6, 6.07) is 9.32. The number of pyridine rings is 1. The Hall–Kier alpha value is -2.10. The fourth-order valence-corrected chi connectivity index (χ4v) is 1.22. The van der Waals surface area contributed by atoms with Crippen LogP contribution in [0.25, 0.3) is 10.8 Å². The van der Waals surface area contributed by atoms with Gasteiger partial charge in [-0.15, -0.1) is 0 Å². The van der Waals surface area contributed by atoms with E-state index in [-0.39, 0.29) is 5.88 Å². The summed E-state index contributed by atoms with van der Waals surface area (Å²) in [4.78, 5) is 14.4. The van der Waals surface area contributed by atoms with Crippen molar-refractivity contribution >= 4 is 16.9 Å². The summed E-state index contributed by atoms with van der Waals surface area (Å²) in [7, 11) is 0. The third-order valence-electron chi connectivity index (χ3n) is 1.81. The number of ether oxygens (including phenoxy) is 1. The van der Waals surface area contributed by atoms with E-state index in [0.717, 1.165) is 10.8 Å². The molecule has 1 heterocycles. The summed E-state index contributed by atoms with van der Waals surface area (Å²) in [5.74, 6) is 0.219. The van der Waals surface area contributed by atoms with Crippen LogP contribution in [-0.2, 0) is 0 Å². The van der Waals surface area contributed by atoms with Gasteiger partial charge >= 0.3 is 6.09 Å². The molecule has 2 aromatic rings. The molecular formula is C10H8N2O2. The molecule has 70 valence electrons. The molecule has 1 aromatic heterocycles. The number of rotatable bonds is 1. The summed E-state index contributed by atoms with van der Waals surface area (Å²) in [6.45, 7) is 0. The average Bonchev–Trinajstić information content (AvgIpc) is 2.17. The molecular weight excluding hydrogens is 180 g/mol. The second kappa shape index (κ2) is 3.33. The summed E-state index contributed by atoms with van der Waals surface area (Å²) < 4.78 is 4.65. The molecule has 0 unspecified atom stereocenters. The zero-order valence-corrected chi connectivity index (χ0v) is 7.31. The minimum absolute atomic E-state index is 0.219. The van der Waals surface area contributed by atoms with Crippen molar-refractivity contribution in [3.8, 4) is 5.88 Å². The van der Waals surface area contributed by atoms with Crippen molar-refractivity contribution < 1.29 is 9.53 Å². The Balaban J connectivity index is 2.46. The Morgan fingerprint density at radius 2 is 2.00 bits per heavy atom. The Morgan fingerprint density at radius 1 is 1.29 bits per heavy atom. The highest BCUT2D eigenvalue weighted by Gasteiger charge is 2.00. The van der Waals surface area contributed by atoms with Crippen molar-refractivity contribution in [3.63, 3.8) is 0 Å². The highest BCUT2D eigenvalue weighted by molar-refractivity contribution is 5.82. The van der Waals surface area contributed by atoms with Crippen LogP contribution in [0.3, 0.4) is 0 Å². The van der Waals surface area contributed by atoms with Gasteiger partial charge < -0.3 is 10.5 Å². The fourth-order valence-electron chi connectivity index (χ4n) is 1.22. The lowest BCUT2D eigenvalue weighted by atomic mass is 10.2. The highest BCUT2D eigenvalue weighted by Crippen LogP contribution is 2.17. The topological polar surface area (TPSA) is 65.2 Å². The summed E-state index contributed by atoms with van der Waals surface area (Å²) in [6.07, 6.45) is 0.779. The van der Waals surface area contributed by atoms with Gasteiger partial charge in [-0.2, -0.15) is 0 Å². The molecule has 2 rings (SSSR count). The molecule has 0 saturated heterocycles. The van der Waals surface area contributed by atoms with E-state index in [2.05, 4.69) is 9.72 Å². The molecule has 14 heavy (non-hydrogen) atoms. The molecule has 0 spiro atoms. The zero-order valence-electron chi connectivity index (χ0n) is 7.31. The van der Waals surface area contributed by atoms with Gasteiger partial charge in [-0.1, -0.05) is 24.3 Å². The minimum atomic E-state index is -0.854. The molecule has 4 nitrogen and oxygen atoms in total. The molecule has 2 N–H and O–H groups in total. The number of aromatic nitrogens is 1. The monoisotopic (exact) mass is 188 g/mol. The lowest BCUT2D eigenvalue weighted by molar-refractivity contribution is 0.209. The van der Waals surface area contributed by atoms with Crippen LogP contribution in [0.4, 0.5) is 4.79 Å². The van der Waals surface area contributed by atoms with Gasteiger partial charge in [0.15, 0.2) is 0 Å². The van der Waals surface area contributed by atoms with Gasteiger partial charge in [0, 0.05) is 17.6 Å². The lowest BCUT2D eigenvalue weighted by Gasteiger charge is -2.00. The van der Waals surface area contributed by atoms with Gasteiger partial charge in [0.05, 0.1) is 0 Å². The number of benzene rings is 1. The molecule has 0 aliphatic carbocycles. The van der Waals surface area contributed by atoms with E-state index in [1.807, 2.05) is 24.3 Å². The number of carbonyl (C=O) groups is 1. The normalized spacial score (nSPS) is 10.0. The molecule has 0 saturated carbocycles. The summed E-state index contributed by atoms with van der Waals surface area (Å²) >= 11 is 0. The molecule has 0 fully saturated rings. The van der Waals surface area contributed by atoms with Crippen molar-refractivity contribution in [3.05, 3.63) is 36.5 Å². The quantitative estimate of drug-likeness (QED) is 0.740. The maximum absolute atomic E-state index is 10.5. The number of hydrogen-bond acceptors (Lipinski definition) is 3. The Morgan fingerprint density at radius 3 is 2.71 bits per heavy atom. The third kappa shape index (κ3) is 1.64. The van der Waals surface area contributed by atoms with Crippen molar-refractivity contribution in [1.29, 1.82) is 0 Å². The Bertz CT molecular complexity index is 482. The van der Waals surface area contributed by atoms with Crippen LogP contribution in [0.2, 0.25) is 0 Å². The van der Waals surface area contributed by atoms with Crippen LogP contribution >= 0.6 is 0 Å². The van der Waals surface area contributed by atoms with Crippen molar-refractivity contribution in [1.82, 2.24) is 4.98 Å². The van der Waals surface area contributed by atoms with Crippen LogP contribution in [0.15, 0.2) is 36.5 Å². The van der Waals surface area contributed by atoms with E-state index in [1.54, 1.807) is 12.3 Å². The third-order valence-corrected chi connectivity index (χ3v) is 1.81. The van der Waals surface area contributed by atoms with Gasteiger partial charge in [0.25, 0.3) is 0 Å². The number of hydrogen-bond donors (Lipinski definition) is 1. The van der Waals surface area contributed by atoms with E-state index >= 15 is 0 Å². The predicted octanol–water partition coefficient (Wildman–Crippen LogP) is 1.69. The molecule has 0 aliphatic heterocycles. The number of fused-ring (bicyclic) bond motifs is 1. The Kier molecular flexibility index (Phi) is 2.02. The SMILES string of the molecule is NC(=O)Oc1cc2ccccc2cn1. The molecule has 0 atom stereocenters. The summed E-state index contributed by atoms with van der Waals surface area (Å²) in [5.41, 5.74) is 4.87. The van der Waals surface area contributed by atoms with E-state index in [4.69, 9.17) is 5.73 Å². The number of nitrogens with two attached hydrogens (primary N) is 1. The minimum Gasteiger partial charge on any atom is -0.391 e. The van der Waals surface area contributed by atoms with Gasteiger partial charge in [-0.25, -0.2) is 9.78 Å². The van der Waals surface area contributed by atoms with Gasteiger partial charge in [-0.3, -0.25) is 0 Å². The van der Waals surface area contributed by atoms with Crippen molar-refractivity contribution in [2.75, 3.05) is 0 Å². The van der Waals surface area contributed by atoms with Crippen LogP contribution < -0.4 is 10.5 Å². The van der Waals surface area contributed by atoms with E-state index < -0.39 is 6.09 Å². The largest absolute Gasteiger partial charge is 0.411 e. The maximum Gasteiger partial charge on any atom is 0.411 e. The fraction of sp³-hybridized carbons (Fsp3) is 0. The zero-order chi connectivity index (χ0) is 9.97. The standard InChI is InChI=1S/C10H8N2O2/c11-10(13)14-9-5-7-3-1-2-4-8(7)6-12-9/h1-6H,(H2,11,13). The van der Waals surface area contributed by atoms with Gasteiger partial charge in [-0.05, 0) is 5.39 Å². The second-order valence-electron chi connectivity index (χ2n) is 2.79. The molecule has 0 radical (unpaired) electrons. The molecule has 0 aliphatic rings. The smallest absolute Gasteiger partial charge is 0.391 e. The van der Waals surface area contributed by atoms with E-state index in [9.17, 15) is 4.79 Å². The van der Waals surface area contributed by atoms with Crippen LogP contribution in [-0.4, -0.2) is 11.1 Å². The van der Waals surface area contributed by atoms with Crippen molar-refractivity contribution in [2.24, 2.45) is 5.73 Å². The second-order valence-corrected chi connectivity index (χ2v) is 2.79. The number of nitrogens with zero attached hydrogens (tertiary/aromatic N) is 1. The van der Waals surface area contributed by atoms with Gasteiger partial charge in [0.1, 0.15) is 0 Å². The molecule has 1 amide bonds. The molecule has 4 heteroatoms. The van der Waals surface area contributed by atoms with E-state index in [0.29, 0.717) is 0 Å². The molecule has 1 aromatic carbocycles. The first kappa shape index (κ1) is 8.50. The number of carbonyl (C=O) groups excluding carboxylic acids is 1. The maximum atomic E-state index is 10.5. The van der Waals surface area contributed by atoms with E-state index in [1.165, 1.54) is 0 Å². The molecule has 0 bridgehead atoms. The first-order valence-corrected chi connectivity index (χ1v) is 4.08. The van der Waals surface area contributed by atoms with Crippen molar-refractivity contribution in [2.45, 2.75) is 0 Å². The predicted molar refractivity (Wildman–Crippen MR) is 52.0 cm³/mol. The Labute approximate surface area is 80.3 Å². The van der Waals surface area contributed by atoms with Crippen LogP contribution in [0, 0.1) is 0 Å². The lowest BCUT2D eigenvalue weighted by Crippen LogP contribution is -2.16. The number of primary amides is 1. The number of amides is 1. The highest BCUT2D eigenvalue weighted by atomic mass is 16.6.